The molecule has 78 valence electrons. The molecule has 0 spiro atoms. The van der Waals surface area contributed by atoms with E-state index in [0.29, 0.717) is 0 Å². The van der Waals surface area contributed by atoms with Crippen LogP contribution in [0, 0.1) is 0 Å². The summed E-state index contributed by atoms with van der Waals surface area (Å²) in [6.07, 6.45) is 6.85. The van der Waals surface area contributed by atoms with Gasteiger partial charge in [-0.15, -0.1) is 0 Å². The summed E-state index contributed by atoms with van der Waals surface area (Å²) in [5.41, 5.74) is 0.796. The van der Waals surface area contributed by atoms with Crippen LogP contribution in [0.1, 0.15) is 31.4 Å². The predicted molar refractivity (Wildman–Crippen MR) is 55.2 cm³/mol. The Kier molecular flexibility index (Phi) is 3.03. The number of nitrogens with zero attached hydrogens (tertiary/aromatic N) is 2. The van der Waals surface area contributed by atoms with Gasteiger partial charge in [-0.25, -0.2) is 4.98 Å². The molecule has 1 aliphatic rings. The first-order chi connectivity index (χ1) is 6.90. The maximum atomic E-state index is 8.92. The van der Waals surface area contributed by atoms with Crippen LogP contribution in [0.5, 0.6) is 0 Å². The van der Waals surface area contributed by atoms with Crippen LogP contribution < -0.4 is 4.90 Å². The fourth-order valence-corrected chi connectivity index (χ4v) is 1.87. The first-order valence-corrected chi connectivity index (χ1v) is 5.30. The minimum absolute atomic E-state index is 0.0425. The third-order valence-electron chi connectivity index (χ3n) is 2.69. The van der Waals surface area contributed by atoms with Gasteiger partial charge in [0.1, 0.15) is 0 Å². The fraction of sp³-hybridized carbons (Fsp3) is 0.700. The molecule has 2 rings (SSSR count). The van der Waals surface area contributed by atoms with Crippen LogP contribution in [0.15, 0.2) is 6.20 Å². The van der Waals surface area contributed by atoms with E-state index in [4.69, 9.17) is 5.11 Å². The highest BCUT2D eigenvalue weighted by molar-refractivity contribution is 5.31. The average molecular weight is 195 g/mol. The highest BCUT2D eigenvalue weighted by Gasteiger charge is 2.12. The first-order valence-electron chi connectivity index (χ1n) is 5.30. The van der Waals surface area contributed by atoms with Gasteiger partial charge in [0.15, 0.2) is 0 Å². The number of aliphatic hydroxyl groups excluding tert-OH is 1. The van der Waals surface area contributed by atoms with Crippen molar-refractivity contribution < 1.29 is 5.11 Å². The van der Waals surface area contributed by atoms with Gasteiger partial charge in [-0.2, -0.15) is 0 Å². The molecule has 0 radical (unpaired) electrons. The van der Waals surface area contributed by atoms with Crippen molar-refractivity contribution in [2.45, 2.75) is 32.3 Å². The summed E-state index contributed by atoms with van der Waals surface area (Å²) in [5.74, 6) is 0.913. The lowest BCUT2D eigenvalue weighted by Crippen LogP contribution is -2.24. The van der Waals surface area contributed by atoms with E-state index < -0.39 is 0 Å². The van der Waals surface area contributed by atoms with E-state index in [1.807, 2.05) is 0 Å². The SMILES string of the molecule is OCc1cnc(N2CCCCCC2)[nH]1. The summed E-state index contributed by atoms with van der Waals surface area (Å²) < 4.78 is 0. The van der Waals surface area contributed by atoms with E-state index in [9.17, 15) is 0 Å². The number of imidazole rings is 1. The van der Waals surface area contributed by atoms with Crippen molar-refractivity contribution >= 4 is 5.95 Å². The van der Waals surface area contributed by atoms with Crippen molar-refractivity contribution in [3.8, 4) is 0 Å². The summed E-state index contributed by atoms with van der Waals surface area (Å²) in [4.78, 5) is 9.66. The van der Waals surface area contributed by atoms with Crippen LogP contribution in [-0.2, 0) is 6.61 Å². The van der Waals surface area contributed by atoms with Crippen LogP contribution in [0.2, 0.25) is 0 Å². The minimum Gasteiger partial charge on any atom is -0.390 e. The summed E-state index contributed by atoms with van der Waals surface area (Å²) in [6, 6.07) is 0. The molecule has 0 aromatic carbocycles. The van der Waals surface area contributed by atoms with Crippen molar-refractivity contribution in [2.24, 2.45) is 0 Å². The molecule has 1 aliphatic heterocycles. The van der Waals surface area contributed by atoms with E-state index in [1.165, 1.54) is 25.7 Å². The number of H-pyrrole nitrogens is 1. The molecule has 4 nitrogen and oxygen atoms in total. The average Bonchev–Trinajstić information content (AvgIpc) is 2.53. The molecule has 0 atom stereocenters. The zero-order chi connectivity index (χ0) is 9.80. The number of aromatic nitrogens is 2. The maximum Gasteiger partial charge on any atom is 0.203 e. The number of hydrogen-bond acceptors (Lipinski definition) is 3. The largest absolute Gasteiger partial charge is 0.390 e. The van der Waals surface area contributed by atoms with Crippen molar-refractivity contribution in [1.29, 1.82) is 0 Å². The molecule has 4 heteroatoms. The Bertz CT molecular complexity index is 277. The molecule has 0 amide bonds. The van der Waals surface area contributed by atoms with Crippen LogP contribution in [0.25, 0.3) is 0 Å². The molecule has 2 N–H and O–H groups in total. The lowest BCUT2D eigenvalue weighted by molar-refractivity contribution is 0.277. The normalized spacial score (nSPS) is 18.2. The Morgan fingerprint density at radius 3 is 2.57 bits per heavy atom. The number of rotatable bonds is 2. The number of hydrogen-bond donors (Lipinski definition) is 2. The van der Waals surface area contributed by atoms with E-state index in [2.05, 4.69) is 14.9 Å². The Morgan fingerprint density at radius 1 is 1.29 bits per heavy atom. The highest BCUT2D eigenvalue weighted by Crippen LogP contribution is 2.15. The van der Waals surface area contributed by atoms with Gasteiger partial charge in [0.2, 0.25) is 5.95 Å². The van der Waals surface area contributed by atoms with Crippen molar-refractivity contribution in [2.75, 3.05) is 18.0 Å². The van der Waals surface area contributed by atoms with Gasteiger partial charge in [0, 0.05) is 13.1 Å². The summed E-state index contributed by atoms with van der Waals surface area (Å²) in [6.45, 7) is 2.21. The van der Waals surface area contributed by atoms with Gasteiger partial charge >= 0.3 is 0 Å². The summed E-state index contributed by atoms with van der Waals surface area (Å²) in [5, 5.41) is 8.92. The van der Waals surface area contributed by atoms with Crippen LogP contribution >= 0.6 is 0 Å². The Balaban J connectivity index is 2.04. The van der Waals surface area contributed by atoms with Gasteiger partial charge in [-0.1, -0.05) is 12.8 Å². The molecule has 0 aliphatic carbocycles. The van der Waals surface area contributed by atoms with Crippen molar-refractivity contribution in [3.05, 3.63) is 11.9 Å². The first kappa shape index (κ1) is 9.52. The minimum atomic E-state index is 0.0425. The van der Waals surface area contributed by atoms with Gasteiger partial charge in [-0.3, -0.25) is 0 Å². The monoisotopic (exact) mass is 195 g/mol. The maximum absolute atomic E-state index is 8.92. The molecule has 1 fully saturated rings. The van der Waals surface area contributed by atoms with E-state index in [-0.39, 0.29) is 6.61 Å². The van der Waals surface area contributed by atoms with Crippen molar-refractivity contribution in [1.82, 2.24) is 9.97 Å². The molecule has 2 heterocycles. The Hall–Kier alpha value is -1.03. The highest BCUT2D eigenvalue weighted by atomic mass is 16.3. The van der Waals surface area contributed by atoms with Crippen LogP contribution in [0.4, 0.5) is 5.95 Å². The molecule has 0 saturated carbocycles. The van der Waals surface area contributed by atoms with Crippen molar-refractivity contribution in [3.63, 3.8) is 0 Å². The summed E-state index contributed by atoms with van der Waals surface area (Å²) in [7, 11) is 0. The summed E-state index contributed by atoms with van der Waals surface area (Å²) >= 11 is 0. The standard InChI is InChI=1S/C10H17N3O/c14-8-9-7-11-10(12-9)13-5-3-1-2-4-6-13/h7,14H,1-6,8H2,(H,11,12). The van der Waals surface area contributed by atoms with Gasteiger partial charge in [0.05, 0.1) is 18.5 Å². The van der Waals surface area contributed by atoms with E-state index in [1.54, 1.807) is 6.20 Å². The van der Waals surface area contributed by atoms with Crippen LogP contribution in [-0.4, -0.2) is 28.2 Å². The fourth-order valence-electron chi connectivity index (χ4n) is 1.87. The lowest BCUT2D eigenvalue weighted by Gasteiger charge is -2.18. The zero-order valence-electron chi connectivity index (χ0n) is 8.37. The number of anilines is 1. The molecule has 1 aromatic rings. The Morgan fingerprint density at radius 2 is 2.00 bits per heavy atom. The second kappa shape index (κ2) is 4.46. The number of aromatic amines is 1. The predicted octanol–water partition coefficient (Wildman–Crippen LogP) is 1.28. The lowest BCUT2D eigenvalue weighted by atomic mass is 10.2. The second-order valence-electron chi connectivity index (χ2n) is 3.79. The van der Waals surface area contributed by atoms with E-state index >= 15 is 0 Å². The molecular weight excluding hydrogens is 178 g/mol. The van der Waals surface area contributed by atoms with Gasteiger partial charge in [-0.05, 0) is 12.8 Å². The second-order valence-corrected chi connectivity index (χ2v) is 3.79. The molecule has 0 unspecified atom stereocenters. The topological polar surface area (TPSA) is 52.2 Å². The molecule has 1 aromatic heterocycles. The third kappa shape index (κ3) is 2.07. The van der Waals surface area contributed by atoms with Gasteiger partial charge in [0.25, 0.3) is 0 Å². The Labute approximate surface area is 84.0 Å². The number of aliphatic hydroxyl groups is 1. The van der Waals surface area contributed by atoms with E-state index in [0.717, 1.165) is 24.7 Å². The zero-order valence-corrected chi connectivity index (χ0v) is 8.37. The molecule has 1 saturated heterocycles. The quantitative estimate of drug-likeness (QED) is 0.747. The number of nitrogens with one attached hydrogen (secondary N) is 1. The van der Waals surface area contributed by atoms with Crippen LogP contribution in [0.3, 0.4) is 0 Å². The smallest absolute Gasteiger partial charge is 0.203 e. The van der Waals surface area contributed by atoms with Gasteiger partial charge < -0.3 is 15.0 Å². The molecule has 0 bridgehead atoms. The molecular formula is C10H17N3O. The molecule has 14 heavy (non-hydrogen) atoms. The third-order valence-corrected chi connectivity index (χ3v) is 2.69.